The van der Waals surface area contributed by atoms with Gasteiger partial charge in [-0.3, -0.25) is 0 Å². The molecule has 0 radical (unpaired) electrons. The second-order valence-corrected chi connectivity index (χ2v) is 9.80. The van der Waals surface area contributed by atoms with Crippen molar-refractivity contribution in [1.29, 1.82) is 0 Å². The van der Waals surface area contributed by atoms with E-state index in [0.717, 1.165) is 17.3 Å². The lowest BCUT2D eigenvalue weighted by atomic mass is 9.66. The van der Waals surface area contributed by atoms with Crippen molar-refractivity contribution >= 4 is 11.4 Å². The van der Waals surface area contributed by atoms with Crippen molar-refractivity contribution in [3.63, 3.8) is 0 Å². The largest absolute Gasteiger partial charge is 0.399 e. The summed E-state index contributed by atoms with van der Waals surface area (Å²) in [6.45, 7) is 7.10. The van der Waals surface area contributed by atoms with Gasteiger partial charge in [-0.2, -0.15) is 0 Å². The molecule has 0 amide bonds. The number of benzene rings is 3. The summed E-state index contributed by atoms with van der Waals surface area (Å²) in [7, 11) is 0. The Morgan fingerprint density at radius 2 is 1.23 bits per heavy atom. The Balaban J connectivity index is 1.61. The third-order valence-electron chi connectivity index (χ3n) is 7.85. The highest BCUT2D eigenvalue weighted by atomic mass is 14.8. The lowest BCUT2D eigenvalue weighted by molar-refractivity contribution is 0.384. The van der Waals surface area contributed by atoms with E-state index in [4.69, 9.17) is 11.5 Å². The summed E-state index contributed by atoms with van der Waals surface area (Å²) >= 11 is 0. The molecule has 3 aliphatic carbocycles. The third kappa shape index (κ3) is 2.09. The first-order valence-corrected chi connectivity index (χ1v) is 11.0. The van der Waals surface area contributed by atoms with E-state index >= 15 is 0 Å². The highest BCUT2D eigenvalue weighted by molar-refractivity contribution is 5.85. The van der Waals surface area contributed by atoms with Crippen LogP contribution in [0.25, 0.3) is 22.3 Å². The van der Waals surface area contributed by atoms with Gasteiger partial charge in [0.2, 0.25) is 0 Å². The maximum atomic E-state index is 5.98. The molecule has 4 N–H and O–H groups in total. The first-order chi connectivity index (χ1) is 14.4. The number of fused-ring (bicyclic) bond motifs is 3. The van der Waals surface area contributed by atoms with E-state index in [2.05, 4.69) is 63.2 Å². The fourth-order valence-electron chi connectivity index (χ4n) is 6.85. The SMILES string of the molecule is CC1=CC23C1c1c(-c4ccc(N)cc4)ccc(-c4ccc(N)cc4)c1C2C3C(C)C. The molecule has 0 aromatic heterocycles. The fraction of sp³-hybridized carbons (Fsp3) is 0.286. The zero-order valence-corrected chi connectivity index (χ0v) is 17.8. The second-order valence-electron chi connectivity index (χ2n) is 9.80. The van der Waals surface area contributed by atoms with Crippen molar-refractivity contribution < 1.29 is 0 Å². The van der Waals surface area contributed by atoms with Gasteiger partial charge in [-0.15, -0.1) is 0 Å². The zero-order chi connectivity index (χ0) is 20.8. The fourth-order valence-corrected chi connectivity index (χ4v) is 6.85. The molecular weight excluding hydrogens is 364 g/mol. The standard InChI is InChI=1S/C28H28N2/c1-15(2)25-27-24-22(18-6-10-20(30)11-7-18)13-12-21(17-4-8-19(29)9-5-17)23(24)26-16(3)14-28(25,26)27/h4-15,25-27H,29-30H2,1-3H3. The molecule has 30 heavy (non-hydrogen) atoms. The molecule has 0 saturated heterocycles. The van der Waals surface area contributed by atoms with Crippen molar-refractivity contribution in [2.45, 2.75) is 32.6 Å². The minimum Gasteiger partial charge on any atom is -0.399 e. The van der Waals surface area contributed by atoms with Crippen LogP contribution in [0, 0.1) is 17.3 Å². The highest BCUT2D eigenvalue weighted by Crippen LogP contribution is 2.86. The monoisotopic (exact) mass is 392 g/mol. The predicted octanol–water partition coefficient (Wildman–Crippen LogP) is 6.60. The predicted molar refractivity (Wildman–Crippen MR) is 126 cm³/mol. The van der Waals surface area contributed by atoms with E-state index in [9.17, 15) is 0 Å². The molecule has 3 aromatic carbocycles. The summed E-state index contributed by atoms with van der Waals surface area (Å²) in [5.74, 6) is 2.61. The van der Waals surface area contributed by atoms with Crippen molar-refractivity contribution in [1.82, 2.24) is 0 Å². The Morgan fingerprint density at radius 3 is 1.70 bits per heavy atom. The number of allylic oxidation sites excluding steroid dienone is 2. The molecule has 1 fully saturated rings. The second kappa shape index (κ2) is 5.78. The lowest BCUT2D eigenvalue weighted by Gasteiger charge is -2.37. The summed E-state index contributed by atoms with van der Waals surface area (Å²) in [6.07, 6.45) is 2.59. The van der Waals surface area contributed by atoms with Crippen LogP contribution in [0.2, 0.25) is 0 Å². The number of hydrogen-bond donors (Lipinski definition) is 2. The molecule has 4 unspecified atom stereocenters. The van der Waals surface area contributed by atoms with Gasteiger partial charge in [0.25, 0.3) is 0 Å². The minimum absolute atomic E-state index is 0.340. The van der Waals surface area contributed by atoms with Crippen molar-refractivity contribution in [2.24, 2.45) is 17.3 Å². The normalized spacial score (nSPS) is 27.7. The molecule has 1 spiro atoms. The molecule has 0 heterocycles. The zero-order valence-electron chi connectivity index (χ0n) is 17.8. The topological polar surface area (TPSA) is 52.0 Å². The molecule has 3 aliphatic rings. The van der Waals surface area contributed by atoms with Crippen LogP contribution < -0.4 is 11.5 Å². The van der Waals surface area contributed by atoms with Gasteiger partial charge in [-0.05, 0) is 82.3 Å². The van der Waals surface area contributed by atoms with Crippen LogP contribution in [0.15, 0.2) is 72.3 Å². The van der Waals surface area contributed by atoms with Crippen LogP contribution in [0.1, 0.15) is 43.7 Å². The molecule has 2 nitrogen and oxygen atoms in total. The maximum absolute atomic E-state index is 5.98. The number of nitrogen functional groups attached to an aromatic ring is 2. The molecule has 1 saturated carbocycles. The lowest BCUT2D eigenvalue weighted by Crippen LogP contribution is -2.25. The van der Waals surface area contributed by atoms with E-state index in [1.165, 1.54) is 27.8 Å². The van der Waals surface area contributed by atoms with Gasteiger partial charge in [-0.25, -0.2) is 0 Å². The average molecular weight is 393 g/mol. The Kier molecular flexibility index (Phi) is 3.44. The summed E-state index contributed by atoms with van der Waals surface area (Å²) in [6, 6.07) is 21.4. The Bertz CT molecular complexity index is 1200. The van der Waals surface area contributed by atoms with Crippen molar-refractivity contribution in [3.05, 3.63) is 83.4 Å². The van der Waals surface area contributed by atoms with Gasteiger partial charge in [0.15, 0.2) is 0 Å². The van der Waals surface area contributed by atoms with Gasteiger partial charge in [-0.1, -0.05) is 61.9 Å². The summed E-state index contributed by atoms with van der Waals surface area (Å²) in [5, 5.41) is 0. The highest BCUT2D eigenvalue weighted by Gasteiger charge is 2.76. The first kappa shape index (κ1) is 17.8. The number of hydrogen-bond acceptors (Lipinski definition) is 2. The first-order valence-electron chi connectivity index (χ1n) is 11.0. The molecule has 4 atom stereocenters. The number of rotatable bonds is 3. The third-order valence-corrected chi connectivity index (χ3v) is 7.85. The molecule has 3 aromatic rings. The van der Waals surface area contributed by atoms with Gasteiger partial charge in [0.05, 0.1) is 0 Å². The van der Waals surface area contributed by atoms with Crippen molar-refractivity contribution in [2.75, 3.05) is 11.5 Å². The minimum atomic E-state index is 0.340. The Morgan fingerprint density at radius 1 is 0.733 bits per heavy atom. The van der Waals surface area contributed by atoms with Crippen LogP contribution >= 0.6 is 0 Å². The van der Waals surface area contributed by atoms with Crippen LogP contribution in [-0.4, -0.2) is 0 Å². The number of nitrogens with two attached hydrogens (primary N) is 2. The van der Waals surface area contributed by atoms with Crippen LogP contribution in [-0.2, 0) is 0 Å². The van der Waals surface area contributed by atoms with Crippen LogP contribution in [0.3, 0.4) is 0 Å². The number of anilines is 2. The smallest absolute Gasteiger partial charge is 0.0314 e. The molecule has 150 valence electrons. The molecule has 6 rings (SSSR count). The Hall–Kier alpha value is -3.00. The van der Waals surface area contributed by atoms with Crippen molar-refractivity contribution in [3.8, 4) is 22.3 Å². The van der Waals surface area contributed by atoms with E-state index in [-0.39, 0.29) is 0 Å². The van der Waals surface area contributed by atoms with Gasteiger partial charge in [0.1, 0.15) is 0 Å². The van der Waals surface area contributed by atoms with Gasteiger partial charge in [0, 0.05) is 22.7 Å². The molecule has 0 bridgehead atoms. The summed E-state index contributed by atoms with van der Waals surface area (Å²) in [4.78, 5) is 0. The van der Waals surface area contributed by atoms with E-state index in [1.807, 2.05) is 24.3 Å². The van der Waals surface area contributed by atoms with Gasteiger partial charge < -0.3 is 11.5 Å². The molecule has 0 aliphatic heterocycles. The van der Waals surface area contributed by atoms with Crippen LogP contribution in [0.5, 0.6) is 0 Å². The average Bonchev–Trinajstić information content (AvgIpc) is 3.33. The van der Waals surface area contributed by atoms with Crippen LogP contribution in [0.4, 0.5) is 11.4 Å². The van der Waals surface area contributed by atoms with Gasteiger partial charge >= 0.3 is 0 Å². The van der Waals surface area contributed by atoms with E-state index < -0.39 is 0 Å². The Labute approximate surface area is 178 Å². The molecule has 2 heteroatoms. The summed E-state index contributed by atoms with van der Waals surface area (Å²) in [5.41, 5.74) is 23.9. The van der Waals surface area contributed by atoms with E-state index in [1.54, 1.807) is 11.1 Å². The quantitative estimate of drug-likeness (QED) is 0.390. The molecular formula is C28H28N2. The maximum Gasteiger partial charge on any atom is 0.0314 e. The summed E-state index contributed by atoms with van der Waals surface area (Å²) < 4.78 is 0. The van der Waals surface area contributed by atoms with E-state index in [0.29, 0.717) is 23.2 Å².